The molecule has 0 bridgehead atoms. The molecule has 0 unspecified atom stereocenters. The molecule has 0 amide bonds. The predicted molar refractivity (Wildman–Crippen MR) is 47.5 cm³/mol. The first-order valence-electron chi connectivity index (χ1n) is 3.31. The Bertz CT molecular complexity index is 286. The van der Waals surface area contributed by atoms with Crippen molar-refractivity contribution in [2.45, 2.75) is 0 Å². The number of hydrogen-bond acceptors (Lipinski definition) is 5. The average molecular weight is 254 g/mol. The Hall–Kier alpha value is -1.73. The van der Waals surface area contributed by atoms with Gasteiger partial charge in [0.2, 0.25) is 0 Å². The van der Waals surface area contributed by atoms with Gasteiger partial charge in [-0.15, -0.1) is 0 Å². The lowest BCUT2D eigenvalue weighted by molar-refractivity contribution is 0.192. The van der Waals surface area contributed by atoms with Crippen molar-refractivity contribution < 1.29 is 43.7 Å². The van der Waals surface area contributed by atoms with Crippen LogP contribution < -0.4 is 0 Å². The van der Waals surface area contributed by atoms with E-state index in [0.717, 1.165) is 0 Å². The Morgan fingerprint density at radius 3 is 1.40 bits per heavy atom. The van der Waals surface area contributed by atoms with E-state index in [1.54, 1.807) is 0 Å². The highest BCUT2D eigenvalue weighted by atomic mass is 28.4. The van der Waals surface area contributed by atoms with Gasteiger partial charge in [-0.25, -0.2) is 0 Å². The van der Waals surface area contributed by atoms with Crippen LogP contribution in [0.5, 0.6) is 0 Å². The molecule has 0 aromatic carbocycles. The van der Waals surface area contributed by atoms with Crippen LogP contribution in [0, 0.1) is 0 Å². The van der Waals surface area contributed by atoms with Gasteiger partial charge in [-0.3, -0.25) is 19.2 Å². The van der Waals surface area contributed by atoms with Crippen LogP contribution in [0.4, 0.5) is 19.2 Å². The van der Waals surface area contributed by atoms with Crippen molar-refractivity contribution in [3.63, 3.8) is 0 Å². The molecule has 4 N–H and O–H groups in total. The van der Waals surface area contributed by atoms with Crippen molar-refractivity contribution in [2.24, 2.45) is 0 Å². The number of carboxylic acid groups (broad SMARTS) is 4. The first-order chi connectivity index (χ1) is 6.75. The van der Waals surface area contributed by atoms with Crippen LogP contribution in [-0.4, -0.2) is 60.9 Å². The molecule has 15 heavy (non-hydrogen) atoms. The van der Waals surface area contributed by atoms with Gasteiger partial charge in [-0.2, -0.15) is 0 Å². The van der Waals surface area contributed by atoms with Crippen molar-refractivity contribution in [3.05, 3.63) is 0 Å². The van der Waals surface area contributed by atoms with Gasteiger partial charge in [0.15, 0.2) is 0 Å². The smallest absolute Gasteiger partial charge is 0.484 e. The van der Waals surface area contributed by atoms with E-state index in [1.165, 1.54) is 0 Å². The molecular weight excluding hydrogens is 248 g/mol. The minimum absolute atomic E-state index is 1.52. The van der Waals surface area contributed by atoms with Gasteiger partial charge >= 0.3 is 25.1 Å². The van der Waals surface area contributed by atoms with Gasteiger partial charge in [0.25, 0.3) is 15.4 Å². The summed E-state index contributed by atoms with van der Waals surface area (Å²) < 4.78 is 4.16. The minimum atomic E-state index is -5.16. The Balaban J connectivity index is 5.15. The molecule has 0 spiro atoms. The monoisotopic (exact) mass is 254 g/mol. The average Bonchev–Trinajstić information content (AvgIpc) is 2.02. The van der Waals surface area contributed by atoms with Crippen LogP contribution in [0.2, 0.25) is 0 Å². The van der Waals surface area contributed by atoms with Crippen molar-refractivity contribution in [3.8, 4) is 0 Å². The van der Waals surface area contributed by atoms with Crippen molar-refractivity contribution >= 4 is 40.5 Å². The zero-order chi connectivity index (χ0) is 12.2. The number of hydrogen-bond donors (Lipinski definition) is 4. The minimum Gasteiger partial charge on any atom is -0.484 e. The fourth-order valence-corrected chi connectivity index (χ4v) is 4.02. The summed E-state index contributed by atoms with van der Waals surface area (Å²) >= 11 is 0. The van der Waals surface area contributed by atoms with Gasteiger partial charge in [0, 0.05) is 0 Å². The fraction of sp³-hybridized carbons (Fsp3) is 0. The van der Waals surface area contributed by atoms with Gasteiger partial charge in [0.1, 0.15) is 0 Å². The van der Waals surface area contributed by atoms with Crippen molar-refractivity contribution in [1.29, 1.82) is 0 Å². The van der Waals surface area contributed by atoms with E-state index in [0.29, 0.717) is 0 Å². The Morgan fingerprint density at radius 2 is 1.20 bits per heavy atom. The molecule has 0 aliphatic carbocycles. The second-order valence-electron chi connectivity index (χ2n) is 2.28. The van der Waals surface area contributed by atoms with Crippen LogP contribution in [-0.2, 0) is 4.12 Å². The van der Waals surface area contributed by atoms with Crippen LogP contribution in [0.25, 0.3) is 0 Å². The molecule has 0 aliphatic rings. The van der Waals surface area contributed by atoms with Gasteiger partial charge in [-0.05, 0) is 0 Å². The zero-order valence-electron chi connectivity index (χ0n) is 7.04. The summed E-state index contributed by atoms with van der Waals surface area (Å²) in [4.78, 5) is 41.7. The molecule has 84 valence electrons. The molecule has 0 aromatic heterocycles. The first kappa shape index (κ1) is 13.3. The fourth-order valence-electron chi connectivity index (χ4n) is 0.630. The molecule has 0 atom stereocenters. The number of rotatable bonds is 6. The SMILES string of the molecule is O=C(O)[SiH2]O[Si](C(=O)O)(C(=O)O)C(=O)O. The van der Waals surface area contributed by atoms with Crippen LogP contribution in [0.15, 0.2) is 0 Å². The van der Waals surface area contributed by atoms with Crippen LogP contribution in [0.3, 0.4) is 0 Å². The Kier molecular flexibility index (Phi) is 4.13. The summed E-state index contributed by atoms with van der Waals surface area (Å²) in [5.41, 5.74) is -7.95. The summed E-state index contributed by atoms with van der Waals surface area (Å²) in [5.74, 6) is 0. The quantitative estimate of drug-likeness (QED) is 0.458. The lowest BCUT2D eigenvalue weighted by Crippen LogP contribution is -2.61. The van der Waals surface area contributed by atoms with Crippen molar-refractivity contribution in [2.75, 3.05) is 0 Å². The van der Waals surface area contributed by atoms with Gasteiger partial charge in [-0.1, -0.05) is 0 Å². The molecule has 0 aliphatic heterocycles. The molecule has 0 saturated heterocycles. The molecule has 11 heteroatoms. The van der Waals surface area contributed by atoms with E-state index in [1.807, 2.05) is 0 Å². The van der Waals surface area contributed by atoms with Gasteiger partial charge < -0.3 is 24.5 Å². The van der Waals surface area contributed by atoms with Crippen LogP contribution >= 0.6 is 0 Å². The summed E-state index contributed by atoms with van der Waals surface area (Å²) in [6.07, 6.45) is 0. The normalized spacial score (nSPS) is 11.5. The standard InChI is InChI=1S/C4H6O9Si2/c5-1(6)14-13-15(2(7)8,3(9)10)4(11)12/h14H2,(H,5,6)(H,7,8)(H,9,10)(H,11,12). The predicted octanol–water partition coefficient (Wildman–Crippen LogP) is -0.511. The molecule has 0 rings (SSSR count). The third-order valence-electron chi connectivity index (χ3n) is 1.32. The largest absolute Gasteiger partial charge is 0.546 e. The van der Waals surface area contributed by atoms with Crippen molar-refractivity contribution in [1.82, 2.24) is 0 Å². The molecule has 9 nitrogen and oxygen atoms in total. The van der Waals surface area contributed by atoms with Crippen LogP contribution in [0.1, 0.15) is 0 Å². The third-order valence-corrected chi connectivity index (χ3v) is 5.68. The third kappa shape index (κ3) is 2.61. The molecule has 0 radical (unpaired) electrons. The summed E-state index contributed by atoms with van der Waals surface area (Å²) in [6.45, 7) is 0. The van der Waals surface area contributed by atoms with E-state index in [-0.39, 0.29) is 0 Å². The number of carbonyl (C=O) groups is 4. The molecular formula is C4H6O9Si2. The Labute approximate surface area is 85.0 Å². The second-order valence-corrected chi connectivity index (χ2v) is 6.97. The van der Waals surface area contributed by atoms with E-state index < -0.39 is 40.5 Å². The van der Waals surface area contributed by atoms with Gasteiger partial charge in [0.05, 0.1) is 0 Å². The van der Waals surface area contributed by atoms with E-state index in [9.17, 15) is 19.2 Å². The highest BCUT2D eigenvalue weighted by Crippen LogP contribution is 2.09. The highest BCUT2D eigenvalue weighted by molar-refractivity contribution is 7.36. The molecule has 0 saturated carbocycles. The summed E-state index contributed by atoms with van der Waals surface area (Å²) in [7, 11) is -7.71. The lowest BCUT2D eigenvalue weighted by atomic mass is 11.5. The lowest BCUT2D eigenvalue weighted by Gasteiger charge is -2.15. The highest BCUT2D eigenvalue weighted by Gasteiger charge is 2.62. The first-order valence-corrected chi connectivity index (χ1v) is 6.50. The summed E-state index contributed by atoms with van der Waals surface area (Å²) in [6, 6.07) is 0. The molecule has 0 fully saturated rings. The van der Waals surface area contributed by atoms with E-state index in [4.69, 9.17) is 20.4 Å². The maximum atomic E-state index is 10.5. The summed E-state index contributed by atoms with van der Waals surface area (Å²) in [5, 5.41) is 33.6. The maximum Gasteiger partial charge on any atom is 0.546 e. The topological polar surface area (TPSA) is 158 Å². The second kappa shape index (κ2) is 4.67. The van der Waals surface area contributed by atoms with E-state index in [2.05, 4.69) is 4.12 Å². The molecule has 0 aromatic rings. The Morgan fingerprint density at radius 1 is 0.867 bits per heavy atom. The maximum absolute atomic E-state index is 10.5. The van der Waals surface area contributed by atoms with E-state index >= 15 is 0 Å². The zero-order valence-corrected chi connectivity index (χ0v) is 9.45. The molecule has 0 heterocycles.